The average Bonchev–Trinajstić information content (AvgIpc) is 3.32. The summed E-state index contributed by atoms with van der Waals surface area (Å²) in [5.41, 5.74) is 6.32. The van der Waals surface area contributed by atoms with Crippen molar-refractivity contribution in [2.45, 2.75) is 54.9 Å². The van der Waals surface area contributed by atoms with Crippen LogP contribution in [0.1, 0.15) is 25.5 Å². The summed E-state index contributed by atoms with van der Waals surface area (Å²) in [6.45, 7) is 0.246. The van der Waals surface area contributed by atoms with Crippen LogP contribution >= 0.6 is 12.6 Å². The maximum Gasteiger partial charge on any atom is 0.303 e. The molecule has 1 saturated heterocycles. The first-order valence-corrected chi connectivity index (χ1v) is 10.7. The van der Waals surface area contributed by atoms with E-state index >= 15 is 0 Å². The number of carboxylic acids is 1. The number of fused-ring (bicyclic) bond motifs is 1. The standard InChI is InChI=1S/C18H27N7O7S/c19-8(2-3-10(27)28)15(31)20-4-1-5-21-18-23-14-11(16(33)24-18)22-7-25(14)17-13(30)12(29)9(6-26)32-17/h7-9,12-13,17,26,29-30H,1-6,19H2,(H,20,31)(H,27,28)(H2,21,23,24,33)/t8?,9-,12?,13+,17-/m1/s1. The number of carboxylic acid groups (broad SMARTS) is 1. The summed E-state index contributed by atoms with van der Waals surface area (Å²) in [4.78, 5) is 35.2. The van der Waals surface area contributed by atoms with Crippen LogP contribution in [0.3, 0.4) is 0 Å². The molecule has 0 aromatic carbocycles. The number of aliphatic hydroxyl groups is 3. The number of amides is 1. The van der Waals surface area contributed by atoms with Gasteiger partial charge in [-0.05, 0) is 12.8 Å². The minimum absolute atomic E-state index is 0.0567. The predicted octanol–water partition coefficient (Wildman–Crippen LogP) is -2.16. The highest BCUT2D eigenvalue weighted by atomic mass is 32.1. The van der Waals surface area contributed by atoms with Gasteiger partial charge >= 0.3 is 5.97 Å². The summed E-state index contributed by atoms with van der Waals surface area (Å²) in [6.07, 6.45) is -2.73. The summed E-state index contributed by atoms with van der Waals surface area (Å²) < 4.78 is 6.97. The topological polar surface area (TPSA) is 218 Å². The van der Waals surface area contributed by atoms with Crippen molar-refractivity contribution >= 4 is 41.6 Å². The van der Waals surface area contributed by atoms with Crippen LogP contribution < -0.4 is 16.4 Å². The quantitative estimate of drug-likeness (QED) is 0.0969. The SMILES string of the molecule is NC(CCC(=O)O)C(=O)NCCCNc1nc(S)c2ncn([C@@H]3O[C@H](CO)C(O)[C@@H]3O)c2n1. The van der Waals surface area contributed by atoms with Gasteiger partial charge in [-0.15, -0.1) is 12.6 Å². The van der Waals surface area contributed by atoms with E-state index in [-0.39, 0.29) is 23.8 Å². The van der Waals surface area contributed by atoms with Crippen molar-refractivity contribution in [3.05, 3.63) is 6.33 Å². The fourth-order valence-electron chi connectivity index (χ4n) is 3.32. The number of aromatic nitrogens is 4. The number of hydrogen-bond acceptors (Lipinski definition) is 12. The number of rotatable bonds is 11. The number of carbonyl (C=O) groups is 2. The van der Waals surface area contributed by atoms with E-state index < -0.39 is 49.1 Å². The minimum atomic E-state index is -1.29. The molecule has 33 heavy (non-hydrogen) atoms. The molecule has 0 saturated carbocycles. The molecular formula is C18H27N7O7S. The highest BCUT2D eigenvalue weighted by Gasteiger charge is 2.44. The van der Waals surface area contributed by atoms with Gasteiger partial charge in [-0.3, -0.25) is 14.2 Å². The minimum Gasteiger partial charge on any atom is -0.481 e. The Labute approximate surface area is 193 Å². The Bertz CT molecular complexity index is 990. The fraction of sp³-hybridized carbons (Fsp3) is 0.611. The van der Waals surface area contributed by atoms with Crippen LogP contribution in [0.15, 0.2) is 11.4 Å². The molecule has 3 heterocycles. The molecule has 1 fully saturated rings. The molecular weight excluding hydrogens is 458 g/mol. The molecule has 2 aromatic heterocycles. The molecule has 0 radical (unpaired) electrons. The molecule has 182 valence electrons. The molecule has 0 bridgehead atoms. The number of nitrogens with two attached hydrogens (primary N) is 1. The van der Waals surface area contributed by atoms with E-state index in [1.165, 1.54) is 10.9 Å². The molecule has 0 aliphatic carbocycles. The average molecular weight is 486 g/mol. The lowest BCUT2D eigenvalue weighted by Gasteiger charge is -2.17. The van der Waals surface area contributed by atoms with E-state index in [9.17, 15) is 24.9 Å². The number of hydrogen-bond donors (Lipinski definition) is 8. The van der Waals surface area contributed by atoms with Gasteiger partial charge in [0.15, 0.2) is 11.9 Å². The second-order valence-electron chi connectivity index (χ2n) is 7.53. The van der Waals surface area contributed by atoms with E-state index in [0.29, 0.717) is 30.7 Å². The first-order chi connectivity index (χ1) is 15.7. The number of nitrogens with one attached hydrogen (secondary N) is 2. The molecule has 2 unspecified atom stereocenters. The van der Waals surface area contributed by atoms with Gasteiger partial charge in [0, 0.05) is 19.5 Å². The van der Waals surface area contributed by atoms with Crippen LogP contribution in [0.5, 0.6) is 0 Å². The molecule has 2 aromatic rings. The zero-order chi connectivity index (χ0) is 24.1. The summed E-state index contributed by atoms with van der Waals surface area (Å²) in [5, 5.41) is 44.2. The molecule has 14 nitrogen and oxygen atoms in total. The van der Waals surface area contributed by atoms with Gasteiger partial charge in [0.05, 0.1) is 19.0 Å². The third-order valence-corrected chi connectivity index (χ3v) is 5.45. The van der Waals surface area contributed by atoms with Gasteiger partial charge in [0.25, 0.3) is 0 Å². The van der Waals surface area contributed by atoms with Crippen molar-refractivity contribution in [1.29, 1.82) is 0 Å². The van der Waals surface area contributed by atoms with Crippen LogP contribution in [0, 0.1) is 0 Å². The number of ether oxygens (including phenoxy) is 1. The number of nitrogens with zero attached hydrogens (tertiary/aromatic N) is 4. The molecule has 8 N–H and O–H groups in total. The van der Waals surface area contributed by atoms with Crippen LogP contribution in [0.25, 0.3) is 11.2 Å². The lowest BCUT2D eigenvalue weighted by Crippen LogP contribution is -2.41. The normalized spacial score (nSPS) is 23.5. The van der Waals surface area contributed by atoms with E-state index in [1.54, 1.807) is 0 Å². The monoisotopic (exact) mass is 485 g/mol. The van der Waals surface area contributed by atoms with Crippen molar-refractivity contribution in [2.24, 2.45) is 5.73 Å². The first kappa shape index (κ1) is 25.1. The van der Waals surface area contributed by atoms with E-state index in [2.05, 4.69) is 38.2 Å². The maximum atomic E-state index is 11.8. The largest absolute Gasteiger partial charge is 0.481 e. The van der Waals surface area contributed by atoms with Crippen LogP contribution in [-0.2, 0) is 14.3 Å². The number of aliphatic hydroxyl groups excluding tert-OH is 3. The van der Waals surface area contributed by atoms with E-state index in [4.69, 9.17) is 15.6 Å². The summed E-state index contributed by atoms with van der Waals surface area (Å²) in [6, 6.07) is -0.885. The van der Waals surface area contributed by atoms with Crippen molar-refractivity contribution in [3.63, 3.8) is 0 Å². The predicted molar refractivity (Wildman–Crippen MR) is 117 cm³/mol. The number of imidazole rings is 1. The molecule has 5 atom stereocenters. The van der Waals surface area contributed by atoms with Gasteiger partial charge in [0.1, 0.15) is 28.9 Å². The summed E-state index contributed by atoms with van der Waals surface area (Å²) in [5.74, 6) is -1.21. The van der Waals surface area contributed by atoms with Crippen molar-refractivity contribution < 1.29 is 34.8 Å². The second kappa shape index (κ2) is 11.0. The van der Waals surface area contributed by atoms with Crippen molar-refractivity contribution in [2.75, 3.05) is 25.0 Å². The van der Waals surface area contributed by atoms with Gasteiger partial charge in [0.2, 0.25) is 11.9 Å². The molecule has 1 aliphatic rings. The number of carbonyl (C=O) groups excluding carboxylic acids is 1. The Morgan fingerprint density at radius 1 is 1.27 bits per heavy atom. The lowest BCUT2D eigenvalue weighted by molar-refractivity contribution is -0.137. The fourth-order valence-corrected chi connectivity index (χ4v) is 3.57. The molecule has 3 rings (SSSR count). The lowest BCUT2D eigenvalue weighted by atomic mass is 10.1. The van der Waals surface area contributed by atoms with E-state index in [0.717, 1.165) is 0 Å². The Morgan fingerprint density at radius 2 is 2.03 bits per heavy atom. The van der Waals surface area contributed by atoms with Gasteiger partial charge < -0.3 is 41.5 Å². The highest BCUT2D eigenvalue weighted by Crippen LogP contribution is 2.32. The van der Waals surface area contributed by atoms with Gasteiger partial charge in [-0.25, -0.2) is 9.97 Å². The number of anilines is 1. The van der Waals surface area contributed by atoms with Crippen molar-refractivity contribution in [1.82, 2.24) is 24.8 Å². The molecule has 1 amide bonds. The zero-order valence-electron chi connectivity index (χ0n) is 17.5. The van der Waals surface area contributed by atoms with Crippen LogP contribution in [0.4, 0.5) is 5.95 Å². The van der Waals surface area contributed by atoms with Crippen LogP contribution in [-0.4, -0.2) is 95.9 Å². The Kier molecular flexibility index (Phi) is 8.39. The summed E-state index contributed by atoms with van der Waals surface area (Å²) >= 11 is 4.33. The number of aliphatic carboxylic acids is 1. The Balaban J connectivity index is 1.57. The summed E-state index contributed by atoms with van der Waals surface area (Å²) in [7, 11) is 0. The van der Waals surface area contributed by atoms with Crippen molar-refractivity contribution in [3.8, 4) is 0 Å². The third-order valence-electron chi connectivity index (χ3n) is 5.14. The Hall–Kier alpha value is -2.56. The van der Waals surface area contributed by atoms with Gasteiger partial charge in [-0.2, -0.15) is 4.98 Å². The molecule has 1 aliphatic heterocycles. The number of thiol groups is 1. The first-order valence-electron chi connectivity index (χ1n) is 10.3. The third kappa shape index (κ3) is 5.87. The molecule has 15 heteroatoms. The zero-order valence-corrected chi connectivity index (χ0v) is 18.4. The molecule has 0 spiro atoms. The highest BCUT2D eigenvalue weighted by molar-refractivity contribution is 7.80. The maximum absolute atomic E-state index is 11.8. The Morgan fingerprint density at radius 3 is 2.70 bits per heavy atom. The van der Waals surface area contributed by atoms with Crippen LogP contribution in [0.2, 0.25) is 0 Å². The van der Waals surface area contributed by atoms with Gasteiger partial charge in [-0.1, -0.05) is 0 Å². The second-order valence-corrected chi connectivity index (χ2v) is 7.96. The van der Waals surface area contributed by atoms with E-state index in [1.807, 2.05) is 0 Å². The smallest absolute Gasteiger partial charge is 0.303 e.